The zero-order valence-electron chi connectivity index (χ0n) is 14.4. The summed E-state index contributed by atoms with van der Waals surface area (Å²) in [4.78, 5) is 12.2. The third-order valence-corrected chi connectivity index (χ3v) is 6.39. The molecule has 0 amide bonds. The molecule has 0 spiro atoms. The summed E-state index contributed by atoms with van der Waals surface area (Å²) < 4.78 is 0. The molecule has 2 nitrogen and oxygen atoms in total. The summed E-state index contributed by atoms with van der Waals surface area (Å²) in [6, 6.07) is 0. The largest absolute Gasteiger partial charge is 0.390 e. The summed E-state index contributed by atoms with van der Waals surface area (Å²) in [6.45, 7) is 10.4. The minimum Gasteiger partial charge on any atom is -0.390 e. The monoisotopic (exact) mass is 292 g/mol. The second kappa shape index (κ2) is 5.87. The average molecular weight is 292 g/mol. The summed E-state index contributed by atoms with van der Waals surface area (Å²) in [5.74, 6) is 2.05. The van der Waals surface area contributed by atoms with Gasteiger partial charge in [-0.25, -0.2) is 0 Å². The Balaban J connectivity index is 2.08. The summed E-state index contributed by atoms with van der Waals surface area (Å²) in [5.41, 5.74) is -0.462. The van der Waals surface area contributed by atoms with Crippen molar-refractivity contribution in [3.05, 3.63) is 12.2 Å². The third-order valence-electron chi connectivity index (χ3n) is 6.39. The second-order valence-corrected chi connectivity index (χ2v) is 8.25. The Hall–Kier alpha value is -0.630. The molecule has 2 heteroatoms. The van der Waals surface area contributed by atoms with Crippen LogP contribution in [0.25, 0.3) is 0 Å². The molecule has 0 aliphatic heterocycles. The van der Waals surface area contributed by atoms with E-state index in [1.54, 1.807) is 0 Å². The van der Waals surface area contributed by atoms with Gasteiger partial charge in [-0.15, -0.1) is 0 Å². The normalized spacial score (nSPS) is 36.8. The van der Waals surface area contributed by atoms with Gasteiger partial charge in [-0.2, -0.15) is 0 Å². The SMILES string of the molecule is C[C@H](/C=C/[C@H](C)C(C)(C)O)C1CC[C@H]2C(=O)CCC[C@]12C. The van der Waals surface area contributed by atoms with Crippen molar-refractivity contribution in [1.82, 2.24) is 0 Å². The van der Waals surface area contributed by atoms with Crippen molar-refractivity contribution in [2.75, 3.05) is 0 Å². The lowest BCUT2D eigenvalue weighted by Crippen LogP contribution is -2.39. The fourth-order valence-electron chi connectivity index (χ4n) is 4.55. The first kappa shape index (κ1) is 16.7. The molecule has 2 rings (SSSR count). The number of ketones is 1. The maximum absolute atomic E-state index is 12.2. The fraction of sp³-hybridized carbons (Fsp3) is 0.842. The highest BCUT2D eigenvalue weighted by Gasteiger charge is 2.51. The minimum atomic E-state index is -0.668. The first-order chi connectivity index (χ1) is 9.66. The van der Waals surface area contributed by atoms with Gasteiger partial charge >= 0.3 is 0 Å². The van der Waals surface area contributed by atoms with E-state index in [1.807, 2.05) is 13.8 Å². The van der Waals surface area contributed by atoms with Crippen molar-refractivity contribution in [2.45, 2.75) is 72.3 Å². The zero-order chi connectivity index (χ0) is 15.8. The van der Waals surface area contributed by atoms with Crippen molar-refractivity contribution in [2.24, 2.45) is 29.1 Å². The Bertz CT molecular complexity index is 418. The number of fused-ring (bicyclic) bond motifs is 1. The van der Waals surface area contributed by atoms with Crippen molar-refractivity contribution in [3.63, 3.8) is 0 Å². The number of allylic oxidation sites excluding steroid dienone is 1. The summed E-state index contributed by atoms with van der Waals surface area (Å²) in [7, 11) is 0. The Labute approximate surface area is 130 Å². The molecule has 0 aromatic rings. The molecule has 2 aliphatic rings. The van der Waals surface area contributed by atoms with Crippen LogP contribution in [0.15, 0.2) is 12.2 Å². The molecule has 0 saturated heterocycles. The summed E-state index contributed by atoms with van der Waals surface area (Å²) in [5, 5.41) is 10.0. The number of Topliss-reactive ketones (excluding diaryl/α,β-unsaturated/α-hetero) is 1. The summed E-state index contributed by atoms with van der Waals surface area (Å²) >= 11 is 0. The lowest BCUT2D eigenvalue weighted by Gasteiger charge is -2.41. The fourth-order valence-corrected chi connectivity index (χ4v) is 4.55. The quantitative estimate of drug-likeness (QED) is 0.781. The van der Waals surface area contributed by atoms with Gasteiger partial charge in [0, 0.05) is 18.3 Å². The molecule has 1 N–H and O–H groups in total. The van der Waals surface area contributed by atoms with Gasteiger partial charge < -0.3 is 5.11 Å². The van der Waals surface area contributed by atoms with Gasteiger partial charge in [0.2, 0.25) is 0 Å². The van der Waals surface area contributed by atoms with Crippen LogP contribution in [0.1, 0.15) is 66.7 Å². The molecule has 0 aromatic carbocycles. The van der Waals surface area contributed by atoms with Crippen LogP contribution in [0.5, 0.6) is 0 Å². The van der Waals surface area contributed by atoms with Gasteiger partial charge in [-0.3, -0.25) is 4.79 Å². The van der Waals surface area contributed by atoms with Crippen LogP contribution in [-0.4, -0.2) is 16.5 Å². The molecule has 2 fully saturated rings. The maximum Gasteiger partial charge on any atom is 0.136 e. The Morgan fingerprint density at radius 2 is 1.95 bits per heavy atom. The maximum atomic E-state index is 12.2. The van der Waals surface area contributed by atoms with E-state index < -0.39 is 5.60 Å². The predicted octanol–water partition coefficient (Wildman–Crippen LogP) is 4.37. The van der Waals surface area contributed by atoms with Gasteiger partial charge in [0.1, 0.15) is 5.78 Å². The van der Waals surface area contributed by atoms with Crippen molar-refractivity contribution in [1.29, 1.82) is 0 Å². The highest BCUT2D eigenvalue weighted by molar-refractivity contribution is 5.83. The topological polar surface area (TPSA) is 37.3 Å². The van der Waals surface area contributed by atoms with E-state index in [1.165, 1.54) is 12.8 Å². The number of hydrogen-bond donors (Lipinski definition) is 1. The Kier molecular flexibility index (Phi) is 4.68. The summed E-state index contributed by atoms with van der Waals surface area (Å²) in [6.07, 6.45) is 9.76. The lowest BCUT2D eigenvalue weighted by molar-refractivity contribution is -0.129. The Morgan fingerprint density at radius 1 is 1.29 bits per heavy atom. The van der Waals surface area contributed by atoms with Crippen LogP contribution in [0.4, 0.5) is 0 Å². The van der Waals surface area contributed by atoms with E-state index in [0.29, 0.717) is 23.5 Å². The number of rotatable bonds is 4. The average Bonchev–Trinajstić information content (AvgIpc) is 2.73. The Morgan fingerprint density at radius 3 is 2.57 bits per heavy atom. The van der Waals surface area contributed by atoms with Gasteiger partial charge in [-0.05, 0) is 56.8 Å². The molecule has 5 atom stereocenters. The van der Waals surface area contributed by atoms with Crippen molar-refractivity contribution in [3.8, 4) is 0 Å². The van der Waals surface area contributed by atoms with Crippen LogP contribution in [0.3, 0.4) is 0 Å². The molecule has 120 valence electrons. The standard InChI is InChI=1S/C19H32O2/c1-13(8-9-14(2)18(3,4)21)15-10-11-16-17(20)7-6-12-19(15,16)5/h8-9,13-16,21H,6-7,10-12H2,1-5H3/b9-8+/t13-,14+,15?,16+,19-/m1/s1. The van der Waals surface area contributed by atoms with Crippen LogP contribution >= 0.6 is 0 Å². The molecule has 2 aliphatic carbocycles. The molecular weight excluding hydrogens is 260 g/mol. The molecule has 0 radical (unpaired) electrons. The number of hydrogen-bond acceptors (Lipinski definition) is 2. The van der Waals surface area contributed by atoms with E-state index in [-0.39, 0.29) is 11.3 Å². The lowest BCUT2D eigenvalue weighted by atomic mass is 9.62. The molecule has 2 saturated carbocycles. The van der Waals surface area contributed by atoms with Gasteiger partial charge in [0.25, 0.3) is 0 Å². The molecule has 0 bridgehead atoms. The third kappa shape index (κ3) is 3.26. The van der Waals surface area contributed by atoms with Crippen LogP contribution in [0.2, 0.25) is 0 Å². The number of carbonyl (C=O) groups is 1. The first-order valence-electron chi connectivity index (χ1n) is 8.59. The van der Waals surface area contributed by atoms with Gasteiger partial charge in [-0.1, -0.05) is 32.9 Å². The molecule has 0 heterocycles. The number of aliphatic hydroxyl groups is 1. The van der Waals surface area contributed by atoms with E-state index in [4.69, 9.17) is 0 Å². The van der Waals surface area contributed by atoms with Crippen molar-refractivity contribution >= 4 is 5.78 Å². The second-order valence-electron chi connectivity index (χ2n) is 8.25. The highest BCUT2D eigenvalue weighted by atomic mass is 16.3. The molecule has 21 heavy (non-hydrogen) atoms. The smallest absolute Gasteiger partial charge is 0.136 e. The minimum absolute atomic E-state index is 0.151. The first-order valence-corrected chi connectivity index (χ1v) is 8.59. The highest BCUT2D eigenvalue weighted by Crippen LogP contribution is 2.56. The number of carbonyl (C=O) groups excluding carboxylic acids is 1. The van der Waals surface area contributed by atoms with Crippen LogP contribution in [-0.2, 0) is 4.79 Å². The van der Waals surface area contributed by atoms with E-state index >= 15 is 0 Å². The van der Waals surface area contributed by atoms with E-state index in [0.717, 1.165) is 19.3 Å². The molecule has 1 unspecified atom stereocenters. The molecular formula is C19H32O2. The van der Waals surface area contributed by atoms with Crippen molar-refractivity contribution < 1.29 is 9.90 Å². The predicted molar refractivity (Wildman–Crippen MR) is 86.9 cm³/mol. The van der Waals surface area contributed by atoms with Crippen LogP contribution < -0.4 is 0 Å². The van der Waals surface area contributed by atoms with E-state index in [2.05, 4.69) is 32.9 Å². The zero-order valence-corrected chi connectivity index (χ0v) is 14.4. The van der Waals surface area contributed by atoms with Gasteiger partial charge in [0.15, 0.2) is 0 Å². The van der Waals surface area contributed by atoms with E-state index in [9.17, 15) is 9.90 Å². The van der Waals surface area contributed by atoms with Crippen LogP contribution in [0, 0.1) is 29.1 Å². The van der Waals surface area contributed by atoms with Gasteiger partial charge in [0.05, 0.1) is 5.60 Å². The molecule has 0 aromatic heterocycles.